The number of nitrogens with two attached hydrogens (primary N) is 1. The monoisotopic (exact) mass is 463 g/mol. The minimum atomic E-state index is -0.321. The van der Waals surface area contributed by atoms with Crippen LogP contribution >= 0.6 is 11.6 Å². The number of hydrogen-bond acceptors (Lipinski definition) is 4. The number of nitrogens with one attached hydrogen (secondary N) is 1. The van der Waals surface area contributed by atoms with Gasteiger partial charge in [-0.15, -0.1) is 0 Å². The lowest BCUT2D eigenvalue weighted by Gasteiger charge is -2.26. The summed E-state index contributed by atoms with van der Waals surface area (Å²) >= 11 is 6.00. The van der Waals surface area contributed by atoms with Crippen LogP contribution in [0.1, 0.15) is 48.0 Å². The van der Waals surface area contributed by atoms with Crippen molar-refractivity contribution >= 4 is 23.4 Å². The Morgan fingerprint density at radius 2 is 1.84 bits per heavy atom. The molecule has 0 unspecified atom stereocenters. The highest BCUT2D eigenvalue weighted by molar-refractivity contribution is 6.30. The summed E-state index contributed by atoms with van der Waals surface area (Å²) in [6, 6.07) is 0. The molecule has 6 nitrogen and oxygen atoms in total. The molecular weight excluding hydrogens is 426 g/mol. The first-order valence-electron chi connectivity index (χ1n) is 10.7. The second-order valence-electron chi connectivity index (χ2n) is 7.53. The van der Waals surface area contributed by atoms with Crippen molar-refractivity contribution in [3.63, 3.8) is 0 Å². The molecule has 32 heavy (non-hydrogen) atoms. The predicted molar refractivity (Wildman–Crippen MR) is 133 cm³/mol. The van der Waals surface area contributed by atoms with E-state index in [2.05, 4.69) is 18.5 Å². The van der Waals surface area contributed by atoms with Crippen molar-refractivity contribution in [2.75, 3.05) is 19.8 Å². The maximum atomic E-state index is 12.7. The van der Waals surface area contributed by atoms with Crippen LogP contribution in [0.25, 0.3) is 0 Å². The maximum Gasteiger partial charge on any atom is 0.244 e. The van der Waals surface area contributed by atoms with E-state index in [-0.39, 0.29) is 36.0 Å². The van der Waals surface area contributed by atoms with Gasteiger partial charge in [0.15, 0.2) is 0 Å². The van der Waals surface area contributed by atoms with E-state index in [4.69, 9.17) is 22.1 Å². The van der Waals surface area contributed by atoms with Crippen LogP contribution in [0, 0.1) is 5.92 Å². The van der Waals surface area contributed by atoms with Gasteiger partial charge in [-0.3, -0.25) is 15.3 Å². The van der Waals surface area contributed by atoms with E-state index in [9.17, 15) is 9.59 Å². The smallest absolute Gasteiger partial charge is 0.244 e. The molecule has 178 valence electrons. The second kappa shape index (κ2) is 15.3. The van der Waals surface area contributed by atoms with E-state index >= 15 is 0 Å². The number of rotatable bonds is 13. The number of carbonyl (C=O) groups excluding carboxylic acids is 2. The van der Waals surface area contributed by atoms with Crippen molar-refractivity contribution in [1.29, 1.82) is 0 Å². The van der Waals surface area contributed by atoms with E-state index < -0.39 is 0 Å². The van der Waals surface area contributed by atoms with Crippen molar-refractivity contribution in [1.82, 2.24) is 10.2 Å². The highest BCUT2D eigenvalue weighted by Gasteiger charge is 2.21. The predicted octanol–water partition coefficient (Wildman–Crippen LogP) is 4.92. The lowest BCUT2D eigenvalue weighted by molar-refractivity contribution is -0.132. The average molecular weight is 464 g/mol. The van der Waals surface area contributed by atoms with Crippen LogP contribution < -0.4 is 11.1 Å². The number of ether oxygens (including phenoxy) is 1. The molecule has 0 saturated heterocycles. The molecule has 0 aromatic rings. The zero-order valence-electron chi connectivity index (χ0n) is 20.3. The first-order chi connectivity index (χ1) is 15.0. The molecule has 0 aliphatic heterocycles. The fourth-order valence-electron chi connectivity index (χ4n) is 2.89. The molecule has 0 bridgehead atoms. The van der Waals surface area contributed by atoms with Gasteiger partial charge in [0.05, 0.1) is 0 Å². The van der Waals surface area contributed by atoms with Gasteiger partial charge < -0.3 is 15.0 Å². The molecule has 0 fully saturated rings. The van der Waals surface area contributed by atoms with Crippen LogP contribution in [0.2, 0.25) is 0 Å². The Balaban J connectivity index is 5.83. The van der Waals surface area contributed by atoms with Crippen molar-refractivity contribution in [2.24, 2.45) is 11.7 Å². The van der Waals surface area contributed by atoms with Crippen LogP contribution in [0.5, 0.6) is 0 Å². The SMILES string of the molecule is C=C(Cl)/C=C(\C(C)=C\C(=O)NC/C(C(=C)C)=C(/C/C=C/C)OCN)N(CC)C(=O)C(C)C. The van der Waals surface area contributed by atoms with Crippen LogP contribution in [0.15, 0.2) is 70.7 Å². The first kappa shape index (κ1) is 29.4. The van der Waals surface area contributed by atoms with E-state index in [1.807, 2.05) is 46.8 Å². The fourth-order valence-corrected chi connectivity index (χ4v) is 2.99. The largest absolute Gasteiger partial charge is 0.482 e. The van der Waals surface area contributed by atoms with E-state index in [0.717, 1.165) is 11.1 Å². The Hall–Kier alpha value is -2.57. The van der Waals surface area contributed by atoms with Crippen LogP contribution in [0.3, 0.4) is 0 Å². The van der Waals surface area contributed by atoms with Crippen LogP contribution in [-0.2, 0) is 14.3 Å². The number of carbonyl (C=O) groups is 2. The van der Waals surface area contributed by atoms with Gasteiger partial charge >= 0.3 is 0 Å². The molecule has 0 radical (unpaired) electrons. The first-order valence-corrected chi connectivity index (χ1v) is 11.0. The topological polar surface area (TPSA) is 84.7 Å². The summed E-state index contributed by atoms with van der Waals surface area (Å²) in [5.41, 5.74) is 8.24. The van der Waals surface area contributed by atoms with E-state index in [1.54, 1.807) is 17.9 Å². The number of amides is 2. The zero-order chi connectivity index (χ0) is 24.8. The number of nitrogens with zero attached hydrogens (tertiary/aromatic N) is 1. The van der Waals surface area contributed by atoms with Crippen molar-refractivity contribution in [2.45, 2.75) is 48.0 Å². The summed E-state index contributed by atoms with van der Waals surface area (Å²) in [6.45, 7) is 19.4. The van der Waals surface area contributed by atoms with Gasteiger partial charge in [0.2, 0.25) is 11.8 Å². The fraction of sp³-hybridized carbons (Fsp3) is 0.440. The van der Waals surface area contributed by atoms with Gasteiger partial charge in [-0.25, -0.2) is 0 Å². The summed E-state index contributed by atoms with van der Waals surface area (Å²) in [4.78, 5) is 26.9. The molecule has 0 aromatic heterocycles. The summed E-state index contributed by atoms with van der Waals surface area (Å²) in [5, 5.41) is 3.13. The summed E-state index contributed by atoms with van der Waals surface area (Å²) in [6.07, 6.45) is 7.44. The molecule has 0 spiro atoms. The maximum absolute atomic E-state index is 12.7. The molecule has 0 rings (SSSR count). The Labute approximate surface area is 198 Å². The molecular formula is C25H38ClN3O3. The Morgan fingerprint density at radius 3 is 2.28 bits per heavy atom. The third-order valence-corrected chi connectivity index (χ3v) is 4.61. The third-order valence-electron chi connectivity index (χ3n) is 4.50. The Kier molecular flexibility index (Phi) is 14.0. The highest BCUT2D eigenvalue weighted by atomic mass is 35.5. The standard InChI is InChI=1S/C25H38ClN3O3/c1-9-11-12-23(32-16-27)21(17(3)4)15-28-24(30)13-19(7)22(14-20(8)26)29(10-2)25(31)18(5)6/h9,11,13-14,18H,3,8,10,12,15-16,27H2,1-2,4-7H3,(H,28,30)/b11-9+,19-13+,22-14+,23-21+. The normalized spacial score (nSPS) is 13.2. The minimum Gasteiger partial charge on any atom is -0.482 e. The molecule has 0 saturated carbocycles. The molecule has 0 aromatic carbocycles. The molecule has 0 atom stereocenters. The lowest BCUT2D eigenvalue weighted by atomic mass is 10.1. The van der Waals surface area contributed by atoms with Gasteiger partial charge in [-0.2, -0.15) is 0 Å². The van der Waals surface area contributed by atoms with Crippen molar-refractivity contribution < 1.29 is 14.3 Å². The Bertz CT molecular complexity index is 820. The highest BCUT2D eigenvalue weighted by Crippen LogP contribution is 2.21. The molecule has 7 heteroatoms. The van der Waals surface area contributed by atoms with Gasteiger partial charge in [-0.1, -0.05) is 50.8 Å². The summed E-state index contributed by atoms with van der Waals surface area (Å²) in [7, 11) is 0. The molecule has 0 aliphatic carbocycles. The van der Waals surface area contributed by atoms with Gasteiger partial charge in [0.25, 0.3) is 0 Å². The summed E-state index contributed by atoms with van der Waals surface area (Å²) < 4.78 is 5.56. The van der Waals surface area contributed by atoms with E-state index in [1.165, 1.54) is 6.08 Å². The third kappa shape index (κ3) is 10.2. The lowest BCUT2D eigenvalue weighted by Crippen LogP contribution is -2.34. The van der Waals surface area contributed by atoms with Gasteiger partial charge in [-0.05, 0) is 44.9 Å². The quantitative estimate of drug-likeness (QED) is 0.133. The van der Waals surface area contributed by atoms with Crippen molar-refractivity contribution in [3.8, 4) is 0 Å². The zero-order valence-corrected chi connectivity index (χ0v) is 21.0. The average Bonchev–Trinajstić information content (AvgIpc) is 2.70. The number of halogens is 1. The van der Waals surface area contributed by atoms with Crippen molar-refractivity contribution in [3.05, 3.63) is 70.7 Å². The molecule has 0 aliphatic rings. The second-order valence-corrected chi connectivity index (χ2v) is 8.01. The van der Waals surface area contributed by atoms with Gasteiger partial charge in [0, 0.05) is 47.8 Å². The number of allylic oxidation sites excluding steroid dienone is 5. The summed E-state index contributed by atoms with van der Waals surface area (Å²) in [5.74, 6) is 0.0752. The van der Waals surface area contributed by atoms with Crippen LogP contribution in [-0.4, -0.2) is 36.5 Å². The number of hydrogen-bond donors (Lipinski definition) is 2. The molecule has 0 heterocycles. The molecule has 2 amide bonds. The van der Waals surface area contributed by atoms with Crippen LogP contribution in [0.4, 0.5) is 0 Å². The molecule has 3 N–H and O–H groups in total. The van der Waals surface area contributed by atoms with E-state index in [0.29, 0.717) is 30.0 Å². The minimum absolute atomic E-state index is 0.0316. The van der Waals surface area contributed by atoms with Gasteiger partial charge in [0.1, 0.15) is 12.5 Å². The number of likely N-dealkylation sites (N-methyl/N-ethyl adjacent to an activating group) is 1. The Morgan fingerprint density at radius 1 is 1.22 bits per heavy atom.